The normalized spacial score (nSPS) is 10.7. The van der Waals surface area contributed by atoms with Crippen molar-refractivity contribution >= 4 is 17.3 Å². The number of halogens is 1. The van der Waals surface area contributed by atoms with Gasteiger partial charge in [-0.05, 0) is 23.7 Å². The third-order valence-corrected chi connectivity index (χ3v) is 2.89. The standard InChI is InChI=1S/C12H10ClN7/c1-7-9(14)11(16-12(13)15-7)20-18-10(17-19-20)8-5-3-2-4-6-8/h2-6H,14H2,1H3. The summed E-state index contributed by atoms with van der Waals surface area (Å²) in [6.45, 7) is 1.74. The van der Waals surface area contributed by atoms with Gasteiger partial charge in [0.1, 0.15) is 5.69 Å². The highest BCUT2D eigenvalue weighted by Crippen LogP contribution is 2.19. The first kappa shape index (κ1) is 12.5. The summed E-state index contributed by atoms with van der Waals surface area (Å²) >= 11 is 5.83. The van der Waals surface area contributed by atoms with E-state index in [1.165, 1.54) is 4.80 Å². The van der Waals surface area contributed by atoms with Crippen molar-refractivity contribution in [2.45, 2.75) is 6.92 Å². The zero-order chi connectivity index (χ0) is 14.1. The minimum absolute atomic E-state index is 0.0882. The smallest absolute Gasteiger partial charge is 0.224 e. The summed E-state index contributed by atoms with van der Waals surface area (Å²) < 4.78 is 0. The highest BCUT2D eigenvalue weighted by molar-refractivity contribution is 6.28. The molecule has 0 bridgehead atoms. The SMILES string of the molecule is Cc1nc(Cl)nc(-n2nnc(-c3ccccc3)n2)c1N. The van der Waals surface area contributed by atoms with Gasteiger partial charge in [0.05, 0.1) is 5.69 Å². The Morgan fingerprint density at radius 2 is 1.90 bits per heavy atom. The van der Waals surface area contributed by atoms with Crippen molar-refractivity contribution in [2.24, 2.45) is 0 Å². The van der Waals surface area contributed by atoms with Crippen molar-refractivity contribution in [1.82, 2.24) is 30.2 Å². The molecule has 0 saturated heterocycles. The van der Waals surface area contributed by atoms with Gasteiger partial charge in [0.25, 0.3) is 0 Å². The van der Waals surface area contributed by atoms with Gasteiger partial charge in [0, 0.05) is 5.56 Å². The minimum Gasteiger partial charge on any atom is -0.394 e. The maximum Gasteiger partial charge on any atom is 0.224 e. The van der Waals surface area contributed by atoms with Crippen LogP contribution in [-0.2, 0) is 0 Å². The van der Waals surface area contributed by atoms with Crippen LogP contribution in [0.25, 0.3) is 17.2 Å². The number of nitrogens with zero attached hydrogens (tertiary/aromatic N) is 6. The quantitative estimate of drug-likeness (QED) is 0.720. The van der Waals surface area contributed by atoms with Gasteiger partial charge < -0.3 is 5.73 Å². The molecule has 3 aromatic rings. The largest absolute Gasteiger partial charge is 0.394 e. The Balaban J connectivity index is 2.07. The van der Waals surface area contributed by atoms with E-state index in [0.717, 1.165) is 5.56 Å². The zero-order valence-electron chi connectivity index (χ0n) is 10.5. The number of anilines is 1. The van der Waals surface area contributed by atoms with Crippen molar-refractivity contribution in [3.8, 4) is 17.2 Å². The van der Waals surface area contributed by atoms with Crippen LogP contribution in [0.2, 0.25) is 5.28 Å². The molecule has 0 unspecified atom stereocenters. The van der Waals surface area contributed by atoms with Gasteiger partial charge in [-0.2, -0.15) is 4.98 Å². The van der Waals surface area contributed by atoms with Crippen molar-refractivity contribution in [3.63, 3.8) is 0 Å². The Bertz CT molecular complexity index is 754. The molecule has 0 radical (unpaired) electrons. The second-order valence-electron chi connectivity index (χ2n) is 4.08. The van der Waals surface area contributed by atoms with Crippen LogP contribution in [0.1, 0.15) is 5.69 Å². The van der Waals surface area contributed by atoms with E-state index in [9.17, 15) is 0 Å². The molecule has 0 spiro atoms. The molecule has 0 aliphatic carbocycles. The first-order chi connectivity index (χ1) is 9.65. The van der Waals surface area contributed by atoms with E-state index >= 15 is 0 Å². The first-order valence-corrected chi connectivity index (χ1v) is 6.18. The second kappa shape index (κ2) is 4.86. The Hall–Kier alpha value is -2.54. The lowest BCUT2D eigenvalue weighted by Crippen LogP contribution is -2.09. The Morgan fingerprint density at radius 3 is 2.65 bits per heavy atom. The summed E-state index contributed by atoms with van der Waals surface area (Å²) in [5.41, 5.74) is 7.71. The van der Waals surface area contributed by atoms with Crippen LogP contribution >= 0.6 is 11.6 Å². The fraction of sp³-hybridized carbons (Fsp3) is 0.0833. The summed E-state index contributed by atoms with van der Waals surface area (Å²) in [4.78, 5) is 9.25. The van der Waals surface area contributed by atoms with Gasteiger partial charge >= 0.3 is 0 Å². The highest BCUT2D eigenvalue weighted by Gasteiger charge is 2.14. The van der Waals surface area contributed by atoms with Crippen LogP contribution in [0.15, 0.2) is 30.3 Å². The minimum atomic E-state index is 0.0882. The van der Waals surface area contributed by atoms with Crippen LogP contribution in [0, 0.1) is 6.92 Å². The third kappa shape index (κ3) is 2.19. The number of nitrogens with two attached hydrogens (primary N) is 1. The number of hydrogen-bond acceptors (Lipinski definition) is 6. The topological polar surface area (TPSA) is 95.4 Å². The molecule has 0 aliphatic heterocycles. The van der Waals surface area contributed by atoms with Crippen molar-refractivity contribution in [3.05, 3.63) is 41.3 Å². The molecular formula is C12H10ClN7. The number of benzene rings is 1. The molecule has 100 valence electrons. The Morgan fingerprint density at radius 1 is 1.15 bits per heavy atom. The number of tetrazole rings is 1. The van der Waals surface area contributed by atoms with Gasteiger partial charge in [-0.15, -0.1) is 15.0 Å². The van der Waals surface area contributed by atoms with Crippen LogP contribution in [0.3, 0.4) is 0 Å². The fourth-order valence-electron chi connectivity index (χ4n) is 1.69. The number of aromatic nitrogens is 6. The monoisotopic (exact) mass is 287 g/mol. The van der Waals surface area contributed by atoms with Crippen molar-refractivity contribution in [1.29, 1.82) is 0 Å². The average molecular weight is 288 g/mol. The maximum atomic E-state index is 5.92. The van der Waals surface area contributed by atoms with Crippen molar-refractivity contribution < 1.29 is 0 Å². The predicted molar refractivity (Wildman–Crippen MR) is 74.3 cm³/mol. The van der Waals surface area contributed by atoms with E-state index in [4.69, 9.17) is 17.3 Å². The molecular weight excluding hydrogens is 278 g/mol. The van der Waals surface area contributed by atoms with E-state index in [0.29, 0.717) is 23.0 Å². The molecule has 7 nitrogen and oxygen atoms in total. The maximum absolute atomic E-state index is 5.92. The summed E-state index contributed by atoms with van der Waals surface area (Å²) in [7, 11) is 0. The number of nitrogen functional groups attached to an aromatic ring is 1. The molecule has 1 aromatic carbocycles. The molecule has 2 heterocycles. The van der Waals surface area contributed by atoms with Gasteiger partial charge in [-0.25, -0.2) is 4.98 Å². The Kier molecular flexibility index (Phi) is 3.03. The molecule has 0 amide bonds. The second-order valence-corrected chi connectivity index (χ2v) is 4.42. The van der Waals surface area contributed by atoms with E-state index in [-0.39, 0.29) is 5.28 Å². The molecule has 0 atom stereocenters. The van der Waals surface area contributed by atoms with Crippen LogP contribution in [0.5, 0.6) is 0 Å². The summed E-state index contributed by atoms with van der Waals surface area (Å²) in [5, 5.41) is 12.3. The highest BCUT2D eigenvalue weighted by atomic mass is 35.5. The fourth-order valence-corrected chi connectivity index (χ4v) is 1.90. The molecule has 0 aliphatic rings. The first-order valence-electron chi connectivity index (χ1n) is 5.80. The Labute approximate surface area is 119 Å². The van der Waals surface area contributed by atoms with Gasteiger partial charge in [-0.3, -0.25) is 0 Å². The zero-order valence-corrected chi connectivity index (χ0v) is 11.3. The van der Waals surface area contributed by atoms with E-state index in [1.807, 2.05) is 30.3 Å². The predicted octanol–water partition coefficient (Wildman–Crippen LogP) is 1.66. The molecule has 2 aromatic heterocycles. The average Bonchev–Trinajstić information content (AvgIpc) is 2.93. The molecule has 8 heteroatoms. The lowest BCUT2D eigenvalue weighted by atomic mass is 10.2. The summed E-state index contributed by atoms with van der Waals surface area (Å²) in [5.74, 6) is 0.801. The van der Waals surface area contributed by atoms with Crippen LogP contribution < -0.4 is 5.73 Å². The lowest BCUT2D eigenvalue weighted by molar-refractivity contribution is 0.699. The molecule has 3 rings (SSSR count). The number of aryl methyl sites for hydroxylation is 1. The molecule has 20 heavy (non-hydrogen) atoms. The van der Waals surface area contributed by atoms with Crippen molar-refractivity contribution in [2.75, 3.05) is 5.73 Å². The summed E-state index contributed by atoms with van der Waals surface area (Å²) in [6.07, 6.45) is 0. The van der Waals surface area contributed by atoms with Crippen LogP contribution in [-0.4, -0.2) is 30.2 Å². The van der Waals surface area contributed by atoms with E-state index in [2.05, 4.69) is 25.4 Å². The molecule has 0 saturated carbocycles. The number of rotatable bonds is 2. The third-order valence-electron chi connectivity index (χ3n) is 2.72. The van der Waals surface area contributed by atoms with Crippen LogP contribution in [0.4, 0.5) is 5.69 Å². The molecule has 2 N–H and O–H groups in total. The van der Waals surface area contributed by atoms with Gasteiger partial charge in [0.15, 0.2) is 0 Å². The number of hydrogen-bond donors (Lipinski definition) is 1. The van der Waals surface area contributed by atoms with Gasteiger partial charge in [-0.1, -0.05) is 30.3 Å². The summed E-state index contributed by atoms with van der Waals surface area (Å²) in [6, 6.07) is 9.50. The van der Waals surface area contributed by atoms with E-state index < -0.39 is 0 Å². The van der Waals surface area contributed by atoms with Gasteiger partial charge in [0.2, 0.25) is 16.9 Å². The molecule has 0 fully saturated rings. The van der Waals surface area contributed by atoms with E-state index in [1.54, 1.807) is 6.92 Å². The lowest BCUT2D eigenvalue weighted by Gasteiger charge is -2.04.